The predicted molar refractivity (Wildman–Crippen MR) is 86.5 cm³/mol. The van der Waals surface area contributed by atoms with Crippen LogP contribution < -0.4 is 4.72 Å². The number of nitrogens with zero attached hydrogens (tertiary/aromatic N) is 2. The van der Waals surface area contributed by atoms with Gasteiger partial charge in [-0.1, -0.05) is 5.16 Å². The molecule has 0 unspecified atom stereocenters. The summed E-state index contributed by atoms with van der Waals surface area (Å²) in [5, 5.41) is 13.3. The zero-order chi connectivity index (χ0) is 17.6. The smallest absolute Gasteiger partial charge is 0.338 e. The first-order valence-corrected chi connectivity index (χ1v) is 8.73. The Morgan fingerprint density at radius 2 is 2.04 bits per heavy atom. The van der Waals surface area contributed by atoms with Crippen LogP contribution in [0.5, 0.6) is 0 Å². The molecule has 1 aromatic carbocycles. The number of sulfonamides is 1. The number of carbonyl (C=O) groups is 1. The van der Waals surface area contributed by atoms with Crippen molar-refractivity contribution in [1.29, 1.82) is 0 Å². The lowest BCUT2D eigenvalue weighted by atomic mass is 10.0. The number of fused-ring (bicyclic) bond motifs is 1. The van der Waals surface area contributed by atoms with Crippen LogP contribution >= 0.6 is 0 Å². The summed E-state index contributed by atoms with van der Waals surface area (Å²) >= 11 is 0. The number of benzene rings is 1. The third-order valence-electron chi connectivity index (χ3n) is 3.42. The highest BCUT2D eigenvalue weighted by Crippen LogP contribution is 2.31. The van der Waals surface area contributed by atoms with Gasteiger partial charge < -0.3 is 14.6 Å². The maximum atomic E-state index is 11.6. The van der Waals surface area contributed by atoms with Gasteiger partial charge in [0.1, 0.15) is 11.3 Å². The summed E-state index contributed by atoms with van der Waals surface area (Å²) in [6.45, 7) is 3.48. The summed E-state index contributed by atoms with van der Waals surface area (Å²) in [6, 6.07) is 3.14. The van der Waals surface area contributed by atoms with E-state index < -0.39 is 16.0 Å². The lowest BCUT2D eigenvalue weighted by Gasteiger charge is -2.03. The van der Waals surface area contributed by atoms with Crippen molar-refractivity contribution < 1.29 is 22.8 Å². The van der Waals surface area contributed by atoms with Crippen molar-refractivity contribution in [3.05, 3.63) is 29.2 Å². The Labute approximate surface area is 136 Å². The van der Waals surface area contributed by atoms with Gasteiger partial charge in [-0.3, -0.25) is 4.72 Å². The molecule has 2 aromatic heterocycles. The normalized spacial score (nSPS) is 11.8. The second kappa shape index (κ2) is 5.34. The fourth-order valence-electron chi connectivity index (χ4n) is 2.54. The summed E-state index contributed by atoms with van der Waals surface area (Å²) in [7, 11) is -3.54. The molecule has 3 rings (SSSR count). The van der Waals surface area contributed by atoms with E-state index in [0.29, 0.717) is 28.1 Å². The molecule has 24 heavy (non-hydrogen) atoms. The Morgan fingerprint density at radius 3 is 2.58 bits per heavy atom. The van der Waals surface area contributed by atoms with E-state index in [1.165, 1.54) is 6.07 Å². The number of carboxylic acids is 1. The van der Waals surface area contributed by atoms with Crippen molar-refractivity contribution in [2.45, 2.75) is 13.8 Å². The van der Waals surface area contributed by atoms with Crippen molar-refractivity contribution in [1.82, 2.24) is 15.1 Å². The van der Waals surface area contributed by atoms with Gasteiger partial charge in [0.2, 0.25) is 16.0 Å². The standard InChI is InChI=1S/C14H14N4O5S/c1-6-11(7(2)23-17-6)8-4-9(13(19)20)12-10(5-8)15-14(16-12)18-24(3,21)22/h4-5H,1-3H3,(H,19,20)(H2,15,16,18). The number of aromatic nitrogens is 3. The first-order valence-electron chi connectivity index (χ1n) is 6.84. The molecule has 0 aliphatic rings. The molecule has 3 N–H and O–H groups in total. The minimum absolute atomic E-state index is 0.0501. The van der Waals surface area contributed by atoms with Crippen LogP contribution in [0, 0.1) is 13.8 Å². The maximum Gasteiger partial charge on any atom is 0.338 e. The number of hydrogen-bond acceptors (Lipinski definition) is 6. The van der Waals surface area contributed by atoms with E-state index in [0.717, 1.165) is 6.26 Å². The third kappa shape index (κ3) is 2.83. The number of H-pyrrole nitrogens is 1. The number of aromatic carboxylic acids is 1. The van der Waals surface area contributed by atoms with Crippen molar-refractivity contribution in [3.63, 3.8) is 0 Å². The number of nitrogens with one attached hydrogen (secondary N) is 2. The molecule has 0 saturated carbocycles. The van der Waals surface area contributed by atoms with E-state index in [4.69, 9.17) is 4.52 Å². The third-order valence-corrected chi connectivity index (χ3v) is 3.99. The molecule has 10 heteroatoms. The van der Waals surface area contributed by atoms with Crippen molar-refractivity contribution in [2.75, 3.05) is 11.0 Å². The molecule has 9 nitrogen and oxygen atoms in total. The Balaban J connectivity index is 2.26. The SMILES string of the molecule is Cc1noc(C)c1-c1cc(C(=O)O)c2nc(NS(C)(=O)=O)[nH]c2c1. The lowest BCUT2D eigenvalue weighted by Crippen LogP contribution is -2.10. The molecule has 0 spiro atoms. The van der Waals surface area contributed by atoms with E-state index >= 15 is 0 Å². The van der Waals surface area contributed by atoms with Gasteiger partial charge in [-0.05, 0) is 31.5 Å². The highest BCUT2D eigenvalue weighted by atomic mass is 32.2. The number of rotatable bonds is 4. The van der Waals surface area contributed by atoms with Crippen LogP contribution in [0.3, 0.4) is 0 Å². The summed E-state index contributed by atoms with van der Waals surface area (Å²) in [4.78, 5) is 18.4. The summed E-state index contributed by atoms with van der Waals surface area (Å²) in [5.74, 6) is -0.672. The van der Waals surface area contributed by atoms with Crippen LogP contribution in [0.25, 0.3) is 22.2 Å². The fourth-order valence-corrected chi connectivity index (χ4v) is 2.99. The maximum absolute atomic E-state index is 11.6. The van der Waals surface area contributed by atoms with Gasteiger partial charge in [-0.15, -0.1) is 0 Å². The largest absolute Gasteiger partial charge is 0.478 e. The first-order chi connectivity index (χ1) is 11.2. The van der Waals surface area contributed by atoms with Crippen LogP contribution in [-0.2, 0) is 10.0 Å². The molecule has 0 aliphatic heterocycles. The van der Waals surface area contributed by atoms with Crippen molar-refractivity contribution >= 4 is 33.0 Å². The molecule has 0 atom stereocenters. The van der Waals surface area contributed by atoms with Crippen LogP contribution in [0.4, 0.5) is 5.95 Å². The Morgan fingerprint density at radius 1 is 1.33 bits per heavy atom. The van der Waals surface area contributed by atoms with E-state index in [2.05, 4.69) is 19.8 Å². The summed E-state index contributed by atoms with van der Waals surface area (Å²) < 4.78 is 30.0. The molecule has 2 heterocycles. The predicted octanol–water partition coefficient (Wildman–Crippen LogP) is 1.90. The van der Waals surface area contributed by atoms with Crippen LogP contribution in [0.15, 0.2) is 16.7 Å². The van der Waals surface area contributed by atoms with Gasteiger partial charge in [-0.2, -0.15) is 0 Å². The Bertz CT molecular complexity index is 1040. The van der Waals surface area contributed by atoms with Crippen LogP contribution in [0.2, 0.25) is 0 Å². The van der Waals surface area contributed by atoms with E-state index in [1.807, 2.05) is 0 Å². The van der Waals surface area contributed by atoms with Gasteiger partial charge in [0, 0.05) is 5.56 Å². The fraction of sp³-hybridized carbons (Fsp3) is 0.214. The van der Waals surface area contributed by atoms with E-state index in [-0.39, 0.29) is 17.0 Å². The first kappa shape index (κ1) is 16.0. The summed E-state index contributed by atoms with van der Waals surface area (Å²) in [5.41, 5.74) is 2.38. The molecule has 3 aromatic rings. The average Bonchev–Trinajstić information content (AvgIpc) is 2.98. The number of hydrogen-bond donors (Lipinski definition) is 3. The quantitative estimate of drug-likeness (QED) is 0.653. The van der Waals surface area contributed by atoms with Gasteiger partial charge in [-0.25, -0.2) is 18.2 Å². The molecular weight excluding hydrogens is 336 g/mol. The van der Waals surface area contributed by atoms with Gasteiger partial charge in [0.25, 0.3) is 0 Å². The number of anilines is 1. The van der Waals surface area contributed by atoms with Crippen LogP contribution in [-0.4, -0.2) is 40.9 Å². The Hall–Kier alpha value is -2.88. The highest BCUT2D eigenvalue weighted by Gasteiger charge is 2.19. The molecular formula is C14H14N4O5S. The number of aromatic amines is 1. The molecule has 0 amide bonds. The molecule has 0 aliphatic carbocycles. The number of aryl methyl sites for hydroxylation is 2. The monoisotopic (exact) mass is 350 g/mol. The van der Waals surface area contributed by atoms with E-state index in [9.17, 15) is 18.3 Å². The zero-order valence-electron chi connectivity index (χ0n) is 13.0. The highest BCUT2D eigenvalue weighted by molar-refractivity contribution is 7.91. The number of carboxylic acid groups (broad SMARTS) is 1. The van der Waals surface area contributed by atoms with Gasteiger partial charge in [0.15, 0.2) is 0 Å². The topological polar surface area (TPSA) is 138 Å². The van der Waals surface area contributed by atoms with Gasteiger partial charge in [0.05, 0.1) is 23.0 Å². The molecule has 0 radical (unpaired) electrons. The van der Waals surface area contributed by atoms with Crippen molar-refractivity contribution in [2.24, 2.45) is 0 Å². The van der Waals surface area contributed by atoms with Crippen molar-refractivity contribution in [3.8, 4) is 11.1 Å². The van der Waals surface area contributed by atoms with Crippen LogP contribution in [0.1, 0.15) is 21.8 Å². The zero-order valence-corrected chi connectivity index (χ0v) is 13.9. The molecule has 0 fully saturated rings. The molecule has 0 saturated heterocycles. The second-order valence-electron chi connectivity index (χ2n) is 5.38. The lowest BCUT2D eigenvalue weighted by molar-refractivity contribution is 0.0699. The minimum atomic E-state index is -3.54. The average molecular weight is 350 g/mol. The van der Waals surface area contributed by atoms with E-state index in [1.54, 1.807) is 19.9 Å². The Kier molecular flexibility index (Phi) is 3.56. The number of imidazole rings is 1. The molecule has 126 valence electrons. The molecule has 0 bridgehead atoms. The van der Waals surface area contributed by atoms with Gasteiger partial charge >= 0.3 is 5.97 Å². The second-order valence-corrected chi connectivity index (χ2v) is 7.13. The minimum Gasteiger partial charge on any atom is -0.478 e. The summed E-state index contributed by atoms with van der Waals surface area (Å²) in [6.07, 6.45) is 0.980.